The highest BCUT2D eigenvalue weighted by molar-refractivity contribution is 7.12. The number of hydrogen-bond donors (Lipinski definition) is 1. The molecule has 0 aliphatic heterocycles. The summed E-state index contributed by atoms with van der Waals surface area (Å²) in [6.07, 6.45) is 0.220. The van der Waals surface area contributed by atoms with Crippen LogP contribution in [0.25, 0.3) is 5.13 Å². The first-order valence-corrected chi connectivity index (χ1v) is 8.73. The number of nitrogens with zero attached hydrogens (tertiary/aromatic N) is 3. The van der Waals surface area contributed by atoms with Gasteiger partial charge in [-0.05, 0) is 32.9 Å². The van der Waals surface area contributed by atoms with Gasteiger partial charge in [0.1, 0.15) is 0 Å². The zero-order valence-corrected chi connectivity index (χ0v) is 15.2. The van der Waals surface area contributed by atoms with Crippen LogP contribution in [0.1, 0.15) is 22.6 Å². The van der Waals surface area contributed by atoms with Crippen molar-refractivity contribution in [2.45, 2.75) is 27.2 Å². The largest absolute Gasteiger partial charge is 0.326 e. The maximum absolute atomic E-state index is 12.1. The van der Waals surface area contributed by atoms with Gasteiger partial charge in [-0.3, -0.25) is 4.79 Å². The number of aromatic nitrogens is 3. The van der Waals surface area contributed by atoms with E-state index in [1.165, 1.54) is 11.3 Å². The van der Waals surface area contributed by atoms with Crippen LogP contribution in [0, 0.1) is 20.8 Å². The SMILES string of the molecule is Cc1ccc(NC(=O)Cc2csc(-n3nc(C)c(Cl)c3C)n2)cc1. The van der Waals surface area contributed by atoms with E-state index >= 15 is 0 Å². The molecule has 0 spiro atoms. The van der Waals surface area contributed by atoms with Crippen molar-refractivity contribution in [2.75, 3.05) is 5.32 Å². The van der Waals surface area contributed by atoms with Gasteiger partial charge in [0.05, 0.1) is 28.5 Å². The third-order valence-electron chi connectivity index (χ3n) is 3.60. The van der Waals surface area contributed by atoms with E-state index < -0.39 is 0 Å². The Morgan fingerprint density at radius 2 is 1.96 bits per heavy atom. The fourth-order valence-corrected chi connectivity index (χ4v) is 3.23. The van der Waals surface area contributed by atoms with Gasteiger partial charge in [0.25, 0.3) is 0 Å². The van der Waals surface area contributed by atoms with Crippen molar-refractivity contribution < 1.29 is 4.79 Å². The minimum Gasteiger partial charge on any atom is -0.326 e. The molecule has 0 aliphatic rings. The molecule has 2 heterocycles. The quantitative estimate of drug-likeness (QED) is 0.762. The molecule has 3 aromatic rings. The Balaban J connectivity index is 1.70. The van der Waals surface area contributed by atoms with E-state index in [1.807, 2.05) is 50.4 Å². The van der Waals surface area contributed by atoms with Gasteiger partial charge in [0, 0.05) is 11.1 Å². The molecule has 24 heavy (non-hydrogen) atoms. The maximum Gasteiger partial charge on any atom is 0.230 e. The van der Waals surface area contributed by atoms with E-state index in [1.54, 1.807) is 4.68 Å². The summed E-state index contributed by atoms with van der Waals surface area (Å²) in [4.78, 5) is 16.6. The molecule has 3 rings (SSSR count). The van der Waals surface area contributed by atoms with Crippen molar-refractivity contribution in [3.8, 4) is 5.13 Å². The van der Waals surface area contributed by atoms with E-state index in [2.05, 4.69) is 15.4 Å². The van der Waals surface area contributed by atoms with E-state index in [4.69, 9.17) is 11.6 Å². The minimum absolute atomic E-state index is 0.0953. The number of amides is 1. The Hall–Kier alpha value is -2.18. The summed E-state index contributed by atoms with van der Waals surface area (Å²) in [6.45, 7) is 5.76. The zero-order chi connectivity index (χ0) is 17.3. The van der Waals surface area contributed by atoms with Gasteiger partial charge in [-0.1, -0.05) is 29.3 Å². The van der Waals surface area contributed by atoms with Crippen molar-refractivity contribution >= 4 is 34.5 Å². The lowest BCUT2D eigenvalue weighted by atomic mass is 10.2. The van der Waals surface area contributed by atoms with E-state index in [0.717, 1.165) is 22.6 Å². The van der Waals surface area contributed by atoms with E-state index in [-0.39, 0.29) is 12.3 Å². The molecule has 124 valence electrons. The third kappa shape index (κ3) is 3.49. The van der Waals surface area contributed by atoms with Crippen molar-refractivity contribution in [1.29, 1.82) is 0 Å². The molecule has 2 aromatic heterocycles. The molecular weight excluding hydrogens is 344 g/mol. The second-order valence-electron chi connectivity index (χ2n) is 5.61. The smallest absolute Gasteiger partial charge is 0.230 e. The van der Waals surface area contributed by atoms with Crippen molar-refractivity contribution in [3.05, 3.63) is 57.3 Å². The highest BCUT2D eigenvalue weighted by Gasteiger charge is 2.14. The Morgan fingerprint density at radius 3 is 2.58 bits per heavy atom. The lowest BCUT2D eigenvalue weighted by Gasteiger charge is -2.04. The average Bonchev–Trinajstić information content (AvgIpc) is 3.10. The molecule has 5 nitrogen and oxygen atoms in total. The fourth-order valence-electron chi connectivity index (χ4n) is 2.29. The van der Waals surface area contributed by atoms with Crippen LogP contribution in [0.15, 0.2) is 29.6 Å². The fraction of sp³-hybridized carbons (Fsp3) is 0.235. The minimum atomic E-state index is -0.0953. The number of nitrogens with one attached hydrogen (secondary N) is 1. The van der Waals surface area contributed by atoms with Crippen molar-refractivity contribution in [2.24, 2.45) is 0 Å². The molecule has 0 saturated carbocycles. The number of thiazole rings is 1. The molecule has 1 amide bonds. The van der Waals surface area contributed by atoms with Crippen molar-refractivity contribution in [1.82, 2.24) is 14.8 Å². The highest BCUT2D eigenvalue weighted by atomic mass is 35.5. The first-order chi connectivity index (χ1) is 11.4. The Morgan fingerprint density at radius 1 is 1.25 bits per heavy atom. The number of carbonyl (C=O) groups is 1. The van der Waals surface area contributed by atoms with Crippen LogP contribution in [0.4, 0.5) is 5.69 Å². The Labute approximate surface area is 149 Å². The van der Waals surface area contributed by atoms with Gasteiger partial charge in [-0.25, -0.2) is 9.67 Å². The van der Waals surface area contributed by atoms with Crippen LogP contribution >= 0.6 is 22.9 Å². The summed E-state index contributed by atoms with van der Waals surface area (Å²) in [5, 5.41) is 10.5. The van der Waals surface area contributed by atoms with Gasteiger partial charge >= 0.3 is 0 Å². The average molecular weight is 361 g/mol. The number of halogens is 1. The summed E-state index contributed by atoms with van der Waals surface area (Å²) in [7, 11) is 0. The lowest BCUT2D eigenvalue weighted by Crippen LogP contribution is -2.14. The van der Waals surface area contributed by atoms with Crippen LogP contribution in [0.3, 0.4) is 0 Å². The van der Waals surface area contributed by atoms with Gasteiger partial charge in [-0.15, -0.1) is 11.3 Å². The predicted octanol–water partition coefficient (Wildman–Crippen LogP) is 4.09. The van der Waals surface area contributed by atoms with Crippen LogP contribution in [-0.2, 0) is 11.2 Å². The monoisotopic (exact) mass is 360 g/mol. The second-order valence-corrected chi connectivity index (χ2v) is 6.82. The lowest BCUT2D eigenvalue weighted by molar-refractivity contribution is -0.115. The summed E-state index contributed by atoms with van der Waals surface area (Å²) < 4.78 is 1.71. The van der Waals surface area contributed by atoms with E-state index in [0.29, 0.717) is 15.8 Å². The predicted molar refractivity (Wildman–Crippen MR) is 97.2 cm³/mol. The summed E-state index contributed by atoms with van der Waals surface area (Å²) in [5.74, 6) is -0.0953. The van der Waals surface area contributed by atoms with E-state index in [9.17, 15) is 4.79 Å². The molecule has 1 aromatic carbocycles. The van der Waals surface area contributed by atoms with Crippen LogP contribution in [0.2, 0.25) is 5.02 Å². The maximum atomic E-state index is 12.1. The van der Waals surface area contributed by atoms with Crippen LogP contribution in [-0.4, -0.2) is 20.7 Å². The Kier molecular flexibility index (Phi) is 4.69. The van der Waals surface area contributed by atoms with Gasteiger partial charge in [-0.2, -0.15) is 5.10 Å². The molecule has 1 N–H and O–H groups in total. The third-order valence-corrected chi connectivity index (χ3v) is 5.01. The summed E-state index contributed by atoms with van der Waals surface area (Å²) in [5.41, 5.74) is 4.26. The number of aryl methyl sites for hydroxylation is 2. The Bertz CT molecular complexity index is 883. The van der Waals surface area contributed by atoms with Crippen molar-refractivity contribution in [3.63, 3.8) is 0 Å². The molecule has 0 bridgehead atoms. The molecule has 7 heteroatoms. The molecule has 0 aliphatic carbocycles. The first kappa shape index (κ1) is 16.7. The topological polar surface area (TPSA) is 59.8 Å². The zero-order valence-electron chi connectivity index (χ0n) is 13.6. The molecule has 0 saturated heterocycles. The summed E-state index contributed by atoms with van der Waals surface area (Å²) in [6, 6.07) is 7.70. The van der Waals surface area contributed by atoms with Gasteiger partial charge in [0.15, 0.2) is 0 Å². The first-order valence-electron chi connectivity index (χ1n) is 7.47. The molecular formula is C17H17ClN4OS. The molecule has 0 unspecified atom stereocenters. The number of benzene rings is 1. The number of anilines is 1. The van der Waals surface area contributed by atoms with Crippen LogP contribution in [0.5, 0.6) is 0 Å². The molecule has 0 fully saturated rings. The molecule has 0 radical (unpaired) electrons. The number of hydrogen-bond acceptors (Lipinski definition) is 4. The second kappa shape index (κ2) is 6.75. The standard InChI is InChI=1S/C17H17ClN4OS/c1-10-4-6-13(7-5-10)19-15(23)8-14-9-24-17(20-14)22-12(3)16(18)11(2)21-22/h4-7,9H,8H2,1-3H3,(H,19,23). The number of carbonyl (C=O) groups excluding carboxylic acids is 1. The number of rotatable bonds is 4. The normalized spacial score (nSPS) is 10.8. The molecule has 0 atom stereocenters. The van der Waals surface area contributed by atoms with Crippen LogP contribution < -0.4 is 5.32 Å². The highest BCUT2D eigenvalue weighted by Crippen LogP contribution is 2.24. The van der Waals surface area contributed by atoms with Gasteiger partial charge in [0.2, 0.25) is 11.0 Å². The summed E-state index contributed by atoms with van der Waals surface area (Å²) >= 11 is 7.61. The van der Waals surface area contributed by atoms with Gasteiger partial charge < -0.3 is 5.32 Å².